The third-order valence-electron chi connectivity index (χ3n) is 2.87. The van der Waals surface area contributed by atoms with Crippen molar-refractivity contribution < 1.29 is 22.4 Å². The van der Waals surface area contributed by atoms with Gasteiger partial charge >= 0.3 is 6.18 Å². The van der Waals surface area contributed by atoms with E-state index in [2.05, 4.69) is 15.9 Å². The molecule has 0 heterocycles. The Hall–Kier alpha value is -1.69. The van der Waals surface area contributed by atoms with E-state index in [-0.39, 0.29) is 12.0 Å². The maximum atomic E-state index is 13.2. The summed E-state index contributed by atoms with van der Waals surface area (Å²) in [5, 5.41) is 0. The molecule has 110 valence electrons. The van der Waals surface area contributed by atoms with Crippen molar-refractivity contribution in [3.63, 3.8) is 0 Å². The predicted molar refractivity (Wildman–Crippen MR) is 73.6 cm³/mol. The van der Waals surface area contributed by atoms with Crippen LogP contribution in [-0.4, -0.2) is 5.78 Å². The summed E-state index contributed by atoms with van der Waals surface area (Å²) in [6.45, 7) is 0. The highest BCUT2D eigenvalue weighted by Crippen LogP contribution is 2.32. The molecule has 0 unspecified atom stereocenters. The van der Waals surface area contributed by atoms with E-state index in [1.165, 1.54) is 0 Å². The molecule has 2 rings (SSSR count). The van der Waals surface area contributed by atoms with Crippen LogP contribution in [0.5, 0.6) is 0 Å². The molecule has 0 fully saturated rings. The lowest BCUT2D eigenvalue weighted by Crippen LogP contribution is -2.11. The van der Waals surface area contributed by atoms with E-state index in [1.54, 1.807) is 24.3 Å². The first kappa shape index (κ1) is 15.7. The number of halogens is 5. The number of rotatable bonds is 3. The molecule has 2 aromatic carbocycles. The van der Waals surface area contributed by atoms with Crippen LogP contribution in [0.4, 0.5) is 17.6 Å². The fourth-order valence-corrected chi connectivity index (χ4v) is 2.07. The lowest BCUT2D eigenvalue weighted by Gasteiger charge is -2.09. The van der Waals surface area contributed by atoms with Crippen LogP contribution in [0, 0.1) is 5.82 Å². The number of Topliss-reactive ketones (excluding diaryl/α,β-unsaturated/α-hetero) is 1. The zero-order valence-corrected chi connectivity index (χ0v) is 12.1. The minimum Gasteiger partial charge on any atom is -0.294 e. The van der Waals surface area contributed by atoms with Gasteiger partial charge in [0.05, 0.1) is 5.56 Å². The molecule has 0 aromatic heterocycles. The van der Waals surface area contributed by atoms with Crippen LogP contribution in [0.2, 0.25) is 0 Å². The third kappa shape index (κ3) is 3.91. The number of carbonyl (C=O) groups is 1. The third-order valence-corrected chi connectivity index (χ3v) is 3.40. The van der Waals surface area contributed by atoms with Gasteiger partial charge in [-0.2, -0.15) is 13.2 Å². The lowest BCUT2D eigenvalue weighted by atomic mass is 10.0. The fourth-order valence-electron chi connectivity index (χ4n) is 1.81. The Balaban J connectivity index is 2.25. The van der Waals surface area contributed by atoms with Crippen molar-refractivity contribution in [3.05, 3.63) is 69.4 Å². The molecule has 0 spiro atoms. The Morgan fingerprint density at radius 2 is 1.67 bits per heavy atom. The van der Waals surface area contributed by atoms with Gasteiger partial charge in [0.2, 0.25) is 0 Å². The topological polar surface area (TPSA) is 17.1 Å². The average Bonchev–Trinajstić information content (AvgIpc) is 2.40. The Labute approximate surface area is 126 Å². The molecular weight excluding hydrogens is 352 g/mol. The molecule has 0 saturated carbocycles. The normalized spacial score (nSPS) is 11.5. The van der Waals surface area contributed by atoms with Gasteiger partial charge in [-0.3, -0.25) is 4.79 Å². The molecule has 21 heavy (non-hydrogen) atoms. The van der Waals surface area contributed by atoms with Crippen LogP contribution >= 0.6 is 15.9 Å². The van der Waals surface area contributed by atoms with E-state index in [0.29, 0.717) is 17.7 Å². The van der Waals surface area contributed by atoms with E-state index in [9.17, 15) is 22.4 Å². The number of hydrogen-bond donors (Lipinski definition) is 0. The number of ketones is 1. The summed E-state index contributed by atoms with van der Waals surface area (Å²) in [6.07, 6.45) is -4.87. The Kier molecular flexibility index (Phi) is 4.46. The maximum absolute atomic E-state index is 13.2. The van der Waals surface area contributed by atoms with Crippen LogP contribution < -0.4 is 0 Å². The van der Waals surface area contributed by atoms with Gasteiger partial charge in [0.15, 0.2) is 5.78 Å². The Morgan fingerprint density at radius 1 is 1.05 bits per heavy atom. The molecule has 0 amide bonds. The van der Waals surface area contributed by atoms with Crippen molar-refractivity contribution in [1.29, 1.82) is 0 Å². The zero-order valence-electron chi connectivity index (χ0n) is 10.5. The van der Waals surface area contributed by atoms with Crippen molar-refractivity contribution in [1.82, 2.24) is 0 Å². The van der Waals surface area contributed by atoms with Crippen LogP contribution in [0.1, 0.15) is 21.5 Å². The second kappa shape index (κ2) is 5.97. The van der Waals surface area contributed by atoms with Crippen molar-refractivity contribution in [2.24, 2.45) is 0 Å². The summed E-state index contributed by atoms with van der Waals surface area (Å²) in [5.74, 6) is -1.88. The molecule has 0 bridgehead atoms. The summed E-state index contributed by atoms with van der Waals surface area (Å²) in [7, 11) is 0. The highest BCUT2D eigenvalue weighted by molar-refractivity contribution is 9.10. The number of hydrogen-bond acceptors (Lipinski definition) is 1. The summed E-state index contributed by atoms with van der Waals surface area (Å²) in [4.78, 5) is 12.0. The monoisotopic (exact) mass is 360 g/mol. The molecule has 0 saturated heterocycles. The molecule has 6 heteroatoms. The Bertz CT molecular complexity index is 662. The minimum atomic E-state index is -4.82. The first-order chi connectivity index (χ1) is 9.77. The van der Waals surface area contributed by atoms with Crippen LogP contribution in [0.15, 0.2) is 46.9 Å². The average molecular weight is 361 g/mol. The quantitative estimate of drug-likeness (QED) is 0.554. The number of carbonyl (C=O) groups excluding carboxylic acids is 1. The summed E-state index contributed by atoms with van der Waals surface area (Å²) in [6, 6.07) is 9.12. The molecular formula is C15H9BrF4O. The number of benzene rings is 2. The number of alkyl halides is 3. The largest absolute Gasteiger partial charge is 0.419 e. The SMILES string of the molecule is O=C(Cc1ccc(Br)cc1)c1ccc(F)c(C(F)(F)F)c1. The van der Waals surface area contributed by atoms with Gasteiger partial charge in [0.25, 0.3) is 0 Å². The van der Waals surface area contributed by atoms with Crippen molar-refractivity contribution in [2.45, 2.75) is 12.6 Å². The molecule has 0 radical (unpaired) electrons. The van der Waals surface area contributed by atoms with E-state index >= 15 is 0 Å². The van der Waals surface area contributed by atoms with E-state index in [1.807, 2.05) is 0 Å². The molecule has 2 aromatic rings. The van der Waals surface area contributed by atoms with Crippen molar-refractivity contribution >= 4 is 21.7 Å². The molecule has 0 atom stereocenters. The molecule has 0 aliphatic carbocycles. The smallest absolute Gasteiger partial charge is 0.294 e. The van der Waals surface area contributed by atoms with Crippen molar-refractivity contribution in [3.8, 4) is 0 Å². The first-order valence-corrected chi connectivity index (χ1v) is 6.71. The maximum Gasteiger partial charge on any atom is 0.419 e. The van der Waals surface area contributed by atoms with Crippen molar-refractivity contribution in [2.75, 3.05) is 0 Å². The molecule has 1 nitrogen and oxygen atoms in total. The van der Waals surface area contributed by atoms with Crippen LogP contribution in [0.25, 0.3) is 0 Å². The highest BCUT2D eigenvalue weighted by Gasteiger charge is 2.34. The van der Waals surface area contributed by atoms with Crippen LogP contribution in [-0.2, 0) is 12.6 Å². The summed E-state index contributed by atoms with van der Waals surface area (Å²) >= 11 is 3.24. The first-order valence-electron chi connectivity index (χ1n) is 5.92. The lowest BCUT2D eigenvalue weighted by molar-refractivity contribution is -0.140. The fraction of sp³-hybridized carbons (Fsp3) is 0.133. The highest BCUT2D eigenvalue weighted by atomic mass is 79.9. The second-order valence-corrected chi connectivity index (χ2v) is 5.33. The van der Waals surface area contributed by atoms with Gasteiger partial charge in [-0.05, 0) is 35.9 Å². The van der Waals surface area contributed by atoms with E-state index in [4.69, 9.17) is 0 Å². The van der Waals surface area contributed by atoms with Gasteiger partial charge in [-0.15, -0.1) is 0 Å². The molecule has 0 aliphatic heterocycles. The van der Waals surface area contributed by atoms with Gasteiger partial charge in [-0.25, -0.2) is 4.39 Å². The van der Waals surface area contributed by atoms with E-state index < -0.39 is 23.3 Å². The second-order valence-electron chi connectivity index (χ2n) is 4.42. The predicted octanol–water partition coefficient (Wildman–Crippen LogP) is 5.03. The van der Waals surface area contributed by atoms with Gasteiger partial charge < -0.3 is 0 Å². The standard InChI is InChI=1S/C15H9BrF4O/c16-11-4-1-9(2-5-11)7-14(21)10-3-6-13(17)12(8-10)15(18,19)20/h1-6,8H,7H2. The minimum absolute atomic E-state index is 0.0454. The van der Waals surface area contributed by atoms with E-state index in [0.717, 1.165) is 10.5 Å². The summed E-state index contributed by atoms with van der Waals surface area (Å²) in [5.41, 5.74) is -0.920. The van der Waals surface area contributed by atoms with Crippen LogP contribution in [0.3, 0.4) is 0 Å². The zero-order chi connectivity index (χ0) is 15.6. The molecule has 0 N–H and O–H groups in total. The van der Waals surface area contributed by atoms with Gasteiger partial charge in [0, 0.05) is 16.5 Å². The Morgan fingerprint density at radius 3 is 2.24 bits per heavy atom. The van der Waals surface area contributed by atoms with Gasteiger partial charge in [-0.1, -0.05) is 28.1 Å². The molecule has 0 aliphatic rings. The summed E-state index contributed by atoms with van der Waals surface area (Å²) < 4.78 is 51.8. The van der Waals surface area contributed by atoms with Gasteiger partial charge in [0.1, 0.15) is 5.82 Å².